The number of anilines is 1. The second-order valence-electron chi connectivity index (χ2n) is 12.5. The number of piperazine rings is 1. The third-order valence-electron chi connectivity index (χ3n) is 8.91. The molecule has 0 aromatic heterocycles. The molecule has 248 valence electrons. The van der Waals surface area contributed by atoms with Crippen LogP contribution in [0.15, 0.2) is 35.9 Å². The molecule has 0 radical (unpaired) electrons. The van der Waals surface area contributed by atoms with E-state index in [1.807, 2.05) is 14.0 Å². The second-order valence-corrected chi connectivity index (χ2v) is 12.5. The molecule has 3 aliphatic rings. The fourth-order valence-corrected chi connectivity index (χ4v) is 6.11. The Morgan fingerprint density at radius 2 is 1.74 bits per heavy atom. The molecule has 12 heteroatoms. The van der Waals surface area contributed by atoms with Crippen LogP contribution in [0.2, 0.25) is 0 Å². The first-order chi connectivity index (χ1) is 21.9. The van der Waals surface area contributed by atoms with Gasteiger partial charge in [-0.15, -0.1) is 4.39 Å². The summed E-state index contributed by atoms with van der Waals surface area (Å²) in [5.41, 5.74) is 1.06. The van der Waals surface area contributed by atoms with E-state index in [1.165, 1.54) is 23.2 Å². The number of likely N-dealkylation sites (N-methyl/N-ethyl adjacent to an activating group) is 1. The Balaban J connectivity index is 1.62. The normalized spacial score (nSPS) is 27.9. The number of halogens is 2. The van der Waals surface area contributed by atoms with E-state index in [2.05, 4.69) is 10.9 Å². The minimum absolute atomic E-state index is 0.148. The summed E-state index contributed by atoms with van der Waals surface area (Å²) in [5, 5.41) is 10.6. The summed E-state index contributed by atoms with van der Waals surface area (Å²) < 4.78 is 33.2. The van der Waals surface area contributed by atoms with Crippen molar-refractivity contribution in [2.75, 3.05) is 51.2 Å². The van der Waals surface area contributed by atoms with E-state index in [4.69, 9.17) is 4.74 Å². The molecule has 2 saturated heterocycles. The Bertz CT molecular complexity index is 1440. The molecule has 46 heavy (non-hydrogen) atoms. The highest BCUT2D eigenvalue weighted by atomic mass is 19.1. The molecule has 10 nitrogen and oxygen atoms in total. The number of ketones is 2. The molecule has 1 aromatic carbocycles. The number of carbonyl (C=O) groups is 4. The monoisotopic (exact) mass is 640 g/mol. The van der Waals surface area contributed by atoms with Gasteiger partial charge < -0.3 is 19.6 Å². The van der Waals surface area contributed by atoms with E-state index in [-0.39, 0.29) is 37.5 Å². The van der Waals surface area contributed by atoms with Gasteiger partial charge in [-0.1, -0.05) is 31.6 Å². The van der Waals surface area contributed by atoms with Crippen LogP contribution in [0.25, 0.3) is 6.08 Å². The molecule has 5 atom stereocenters. The van der Waals surface area contributed by atoms with Gasteiger partial charge in [-0.25, -0.2) is 18.9 Å². The molecule has 0 spiro atoms. The molecule has 1 N–H and O–H groups in total. The number of benzene rings is 1. The van der Waals surface area contributed by atoms with Crippen LogP contribution in [-0.2, 0) is 14.3 Å². The van der Waals surface area contributed by atoms with Gasteiger partial charge in [0.1, 0.15) is 18.1 Å². The highest BCUT2D eigenvalue weighted by molar-refractivity contribution is 6.38. The number of aliphatic hydroxyl groups excluding tert-OH is 1. The number of hydrogen-bond acceptors (Lipinski definition) is 7. The fourth-order valence-electron chi connectivity index (χ4n) is 6.11. The van der Waals surface area contributed by atoms with Gasteiger partial charge in [-0.2, -0.15) is 0 Å². The van der Waals surface area contributed by atoms with E-state index < -0.39 is 53.6 Å². The number of urea groups is 1. The summed E-state index contributed by atoms with van der Waals surface area (Å²) >= 11 is 0. The third-order valence-corrected chi connectivity index (χ3v) is 8.91. The van der Waals surface area contributed by atoms with Crippen molar-refractivity contribution in [3.05, 3.63) is 47.3 Å². The van der Waals surface area contributed by atoms with E-state index in [0.717, 1.165) is 18.0 Å². The number of aliphatic hydroxyl groups is 1. The van der Waals surface area contributed by atoms with Crippen molar-refractivity contribution in [3.63, 3.8) is 0 Å². The van der Waals surface area contributed by atoms with Gasteiger partial charge in [0.25, 0.3) is 0 Å². The SMILES string of the molecule is C/C(=C\c1cc(F)cc(N2CCN(C#CF)C2=O)c1)[C@H]1C(=O)C(=O)C[C@H](O)CC[C@H](C)[C@@H](OC(=O)N2CCN(C)CC2)/C=C/[C@@H]1C. The van der Waals surface area contributed by atoms with Gasteiger partial charge in [-0.3, -0.25) is 14.5 Å². The Labute approximate surface area is 268 Å². The van der Waals surface area contributed by atoms with Gasteiger partial charge in [0.2, 0.25) is 11.6 Å². The Morgan fingerprint density at radius 3 is 2.43 bits per heavy atom. The number of Topliss-reactive ketones (excluding diaryl/α,β-unsaturated/α-hetero) is 2. The molecule has 2 aliphatic heterocycles. The zero-order valence-electron chi connectivity index (χ0n) is 26.7. The molecular weight excluding hydrogens is 598 g/mol. The summed E-state index contributed by atoms with van der Waals surface area (Å²) in [4.78, 5) is 58.4. The maximum atomic E-state index is 14.8. The van der Waals surface area contributed by atoms with E-state index in [1.54, 1.807) is 43.0 Å². The number of carbonyl (C=O) groups excluding carboxylic acids is 4. The van der Waals surface area contributed by atoms with Crippen LogP contribution in [0, 0.1) is 35.8 Å². The number of rotatable bonds is 4. The van der Waals surface area contributed by atoms with Crippen LogP contribution in [0.1, 0.15) is 45.6 Å². The molecule has 2 heterocycles. The van der Waals surface area contributed by atoms with Crippen molar-refractivity contribution < 1.29 is 37.8 Å². The molecule has 1 aliphatic carbocycles. The van der Waals surface area contributed by atoms with Gasteiger partial charge in [0.15, 0.2) is 0 Å². The average Bonchev–Trinajstić information content (AvgIpc) is 3.37. The average molecular weight is 641 g/mol. The van der Waals surface area contributed by atoms with Crippen molar-refractivity contribution in [2.24, 2.45) is 17.8 Å². The van der Waals surface area contributed by atoms with Crippen LogP contribution in [0.3, 0.4) is 0 Å². The Hall–Kier alpha value is -4.08. The van der Waals surface area contributed by atoms with Crippen LogP contribution < -0.4 is 4.90 Å². The van der Waals surface area contributed by atoms with Crippen LogP contribution >= 0.6 is 0 Å². The topological polar surface area (TPSA) is 111 Å². The summed E-state index contributed by atoms with van der Waals surface area (Å²) in [5.74, 6) is -3.65. The Morgan fingerprint density at radius 1 is 1.02 bits per heavy atom. The maximum Gasteiger partial charge on any atom is 0.410 e. The van der Waals surface area contributed by atoms with E-state index in [0.29, 0.717) is 30.6 Å². The Kier molecular flexibility index (Phi) is 11.7. The molecule has 0 bridgehead atoms. The lowest BCUT2D eigenvalue weighted by atomic mass is 9.80. The molecule has 0 saturated carbocycles. The van der Waals surface area contributed by atoms with Crippen LogP contribution in [0.5, 0.6) is 0 Å². The minimum atomic E-state index is -1.04. The molecule has 4 rings (SSSR count). The molecular formula is C34H42F2N4O6. The highest BCUT2D eigenvalue weighted by Crippen LogP contribution is 2.30. The minimum Gasteiger partial charge on any atom is -0.442 e. The molecule has 1 aromatic rings. The lowest BCUT2D eigenvalue weighted by Crippen LogP contribution is -2.48. The summed E-state index contributed by atoms with van der Waals surface area (Å²) in [7, 11) is 1.99. The smallest absolute Gasteiger partial charge is 0.410 e. The van der Waals surface area contributed by atoms with Crippen molar-refractivity contribution in [1.29, 1.82) is 0 Å². The van der Waals surface area contributed by atoms with Gasteiger partial charge in [-0.05, 0) is 68.5 Å². The zero-order chi connectivity index (χ0) is 33.5. The maximum absolute atomic E-state index is 14.8. The second kappa shape index (κ2) is 15.5. The number of nitrogens with zero attached hydrogens (tertiary/aromatic N) is 4. The quantitative estimate of drug-likeness (QED) is 0.298. The standard InChI is InChI=1S/C34H42F2N4O6/c1-22-5-7-28(41)21-29(42)32(43)31(23(2)6-8-30(22)46-34(45)39-13-11-37(4)12-14-39)24(3)17-25-18-26(36)20-27(19-25)40-16-15-38(10-9-35)33(40)44/h6,8,17-20,22-23,28,30-31,41H,5,7,11-16,21H2,1-4H3/b8-6+,24-17+/t22-,23-,28+,30-,31-/m0/s1. The van der Waals surface area contributed by atoms with Crippen LogP contribution in [0.4, 0.5) is 24.1 Å². The first-order valence-electron chi connectivity index (χ1n) is 15.6. The molecule has 2 fully saturated rings. The fraction of sp³-hybridized carbons (Fsp3) is 0.529. The first kappa shape index (κ1) is 34.8. The van der Waals surface area contributed by atoms with Crippen molar-refractivity contribution in [3.8, 4) is 12.2 Å². The van der Waals surface area contributed by atoms with Crippen molar-refractivity contribution in [1.82, 2.24) is 14.7 Å². The first-order valence-corrected chi connectivity index (χ1v) is 15.6. The number of hydrogen-bond donors (Lipinski definition) is 1. The van der Waals surface area contributed by atoms with Gasteiger partial charge >= 0.3 is 12.1 Å². The predicted octanol–water partition coefficient (Wildman–Crippen LogP) is 4.24. The number of allylic oxidation sites excluding steroid dienone is 2. The lowest BCUT2D eigenvalue weighted by molar-refractivity contribution is -0.140. The third kappa shape index (κ3) is 8.59. The van der Waals surface area contributed by atoms with E-state index in [9.17, 15) is 33.1 Å². The molecule has 3 amide bonds. The lowest BCUT2D eigenvalue weighted by Gasteiger charge is -2.33. The van der Waals surface area contributed by atoms with Crippen molar-refractivity contribution >= 4 is 35.5 Å². The number of ether oxygens (including phenoxy) is 1. The van der Waals surface area contributed by atoms with E-state index >= 15 is 0 Å². The zero-order valence-corrected chi connectivity index (χ0v) is 26.7. The summed E-state index contributed by atoms with van der Waals surface area (Å²) in [6.45, 7) is 8.27. The largest absolute Gasteiger partial charge is 0.442 e. The summed E-state index contributed by atoms with van der Waals surface area (Å²) in [6, 6.07) is 5.48. The van der Waals surface area contributed by atoms with Gasteiger partial charge in [0.05, 0.1) is 24.6 Å². The number of amides is 3. The van der Waals surface area contributed by atoms with Gasteiger partial charge in [0, 0.05) is 44.8 Å². The van der Waals surface area contributed by atoms with Crippen molar-refractivity contribution in [2.45, 2.75) is 52.2 Å². The summed E-state index contributed by atoms with van der Waals surface area (Å²) in [6.07, 6.45) is 4.61. The van der Waals surface area contributed by atoms with Crippen LogP contribution in [-0.4, -0.2) is 102 Å². The molecule has 0 unspecified atom stereocenters. The highest BCUT2D eigenvalue weighted by Gasteiger charge is 2.34. The predicted molar refractivity (Wildman–Crippen MR) is 169 cm³/mol.